The van der Waals surface area contributed by atoms with Crippen molar-refractivity contribution >= 4 is 17.4 Å². The van der Waals surface area contributed by atoms with Crippen LogP contribution in [-0.4, -0.2) is 34.9 Å². The second-order valence-electron chi connectivity index (χ2n) is 8.35. The van der Waals surface area contributed by atoms with E-state index in [2.05, 4.69) is 22.2 Å². The molecule has 4 rings (SSSR count). The number of nitrogens with one attached hydrogen (secondary N) is 1. The van der Waals surface area contributed by atoms with E-state index in [-0.39, 0.29) is 23.5 Å². The fourth-order valence-electron chi connectivity index (χ4n) is 4.31. The minimum atomic E-state index is -4.74. The predicted octanol–water partition coefficient (Wildman–Crippen LogP) is 4.63. The van der Waals surface area contributed by atoms with Crippen LogP contribution in [0.25, 0.3) is 0 Å². The SMILES string of the molecule is CCC[C@H]1CN(c2ccc(C(F)(F)F)c(C(=O)c3cccnc3N)n2)C[C@@H](c2ccccc2)N1. The zero-order valence-electron chi connectivity index (χ0n) is 18.7. The van der Waals surface area contributed by atoms with Crippen LogP contribution >= 0.6 is 0 Å². The molecule has 3 N–H and O–H groups in total. The molecule has 9 heteroatoms. The number of rotatable bonds is 6. The number of hydrogen-bond donors (Lipinski definition) is 2. The summed E-state index contributed by atoms with van der Waals surface area (Å²) < 4.78 is 41.3. The molecule has 1 aromatic carbocycles. The lowest BCUT2D eigenvalue weighted by Crippen LogP contribution is -2.52. The second-order valence-corrected chi connectivity index (χ2v) is 8.35. The van der Waals surface area contributed by atoms with Gasteiger partial charge in [-0.05, 0) is 36.2 Å². The van der Waals surface area contributed by atoms with E-state index in [1.165, 1.54) is 24.4 Å². The highest BCUT2D eigenvalue weighted by atomic mass is 19.4. The number of carbonyl (C=O) groups is 1. The number of hydrogen-bond acceptors (Lipinski definition) is 6. The summed E-state index contributed by atoms with van der Waals surface area (Å²) in [6, 6.07) is 15.1. The molecule has 0 bridgehead atoms. The van der Waals surface area contributed by atoms with E-state index >= 15 is 0 Å². The van der Waals surface area contributed by atoms with Gasteiger partial charge in [0.15, 0.2) is 0 Å². The first-order chi connectivity index (χ1) is 16.3. The van der Waals surface area contributed by atoms with Crippen molar-refractivity contribution in [2.45, 2.75) is 38.0 Å². The van der Waals surface area contributed by atoms with Crippen molar-refractivity contribution in [2.75, 3.05) is 23.7 Å². The first-order valence-electron chi connectivity index (χ1n) is 11.2. The van der Waals surface area contributed by atoms with Gasteiger partial charge in [0.25, 0.3) is 0 Å². The molecule has 34 heavy (non-hydrogen) atoms. The van der Waals surface area contributed by atoms with Gasteiger partial charge in [-0.2, -0.15) is 13.2 Å². The lowest BCUT2D eigenvalue weighted by Gasteiger charge is -2.40. The van der Waals surface area contributed by atoms with Crippen LogP contribution in [0.15, 0.2) is 60.8 Å². The van der Waals surface area contributed by atoms with E-state index in [4.69, 9.17) is 5.73 Å². The van der Waals surface area contributed by atoms with Crippen molar-refractivity contribution in [3.8, 4) is 0 Å². The smallest absolute Gasteiger partial charge is 0.383 e. The molecule has 0 unspecified atom stereocenters. The van der Waals surface area contributed by atoms with E-state index in [9.17, 15) is 18.0 Å². The van der Waals surface area contributed by atoms with Crippen molar-refractivity contribution in [3.05, 3.63) is 83.2 Å². The first kappa shape index (κ1) is 23.7. The van der Waals surface area contributed by atoms with E-state index in [1.54, 1.807) is 0 Å². The van der Waals surface area contributed by atoms with Gasteiger partial charge in [-0.25, -0.2) is 9.97 Å². The monoisotopic (exact) mass is 469 g/mol. The summed E-state index contributed by atoms with van der Waals surface area (Å²) in [5.41, 5.74) is 4.98. The Bertz CT molecular complexity index is 1150. The molecule has 1 saturated heterocycles. The van der Waals surface area contributed by atoms with Crippen LogP contribution in [-0.2, 0) is 6.18 Å². The molecule has 0 radical (unpaired) electrons. The van der Waals surface area contributed by atoms with Gasteiger partial charge in [0.05, 0.1) is 17.2 Å². The summed E-state index contributed by atoms with van der Waals surface area (Å²) in [5, 5.41) is 3.64. The number of pyridine rings is 2. The zero-order chi connectivity index (χ0) is 24.3. The normalized spacial score (nSPS) is 18.6. The van der Waals surface area contributed by atoms with Gasteiger partial charge in [-0.3, -0.25) is 4.79 Å². The molecule has 3 aromatic rings. The Morgan fingerprint density at radius 1 is 1.12 bits per heavy atom. The van der Waals surface area contributed by atoms with Crippen molar-refractivity contribution in [1.82, 2.24) is 15.3 Å². The minimum Gasteiger partial charge on any atom is -0.383 e. The Kier molecular flexibility index (Phi) is 6.83. The summed E-state index contributed by atoms with van der Waals surface area (Å²) in [5.74, 6) is -0.718. The molecular weight excluding hydrogens is 443 g/mol. The van der Waals surface area contributed by atoms with Crippen LogP contribution in [0, 0.1) is 0 Å². The van der Waals surface area contributed by atoms with Crippen molar-refractivity contribution in [3.63, 3.8) is 0 Å². The van der Waals surface area contributed by atoms with Gasteiger partial charge in [-0.15, -0.1) is 0 Å². The number of carbonyl (C=O) groups excluding carboxylic acids is 1. The van der Waals surface area contributed by atoms with Gasteiger partial charge in [-0.1, -0.05) is 43.7 Å². The number of nitrogen functional groups attached to an aromatic ring is 1. The number of nitrogens with two attached hydrogens (primary N) is 1. The maximum Gasteiger partial charge on any atom is 0.418 e. The van der Waals surface area contributed by atoms with Gasteiger partial charge < -0.3 is 16.0 Å². The average Bonchev–Trinajstić information content (AvgIpc) is 2.83. The summed E-state index contributed by atoms with van der Waals surface area (Å²) >= 11 is 0. The fourth-order valence-corrected chi connectivity index (χ4v) is 4.31. The Hall–Kier alpha value is -3.46. The maximum absolute atomic E-state index is 13.8. The molecule has 1 fully saturated rings. The molecule has 1 aliphatic heterocycles. The Balaban J connectivity index is 1.74. The molecule has 2 aromatic heterocycles. The van der Waals surface area contributed by atoms with Crippen LogP contribution in [0.3, 0.4) is 0 Å². The topological polar surface area (TPSA) is 84.1 Å². The standard InChI is InChI=1S/C25H26F3N5O/c1-2-7-17-14-33(15-20(31-17)16-8-4-3-5-9-16)21-12-11-19(25(26,27)28)22(32-21)23(34)18-10-6-13-30-24(18)29/h3-6,8-13,17,20,31H,2,7,14-15H2,1H3,(H2,29,30)/t17-,20-/m0/s1. The Morgan fingerprint density at radius 3 is 2.56 bits per heavy atom. The quantitative estimate of drug-likeness (QED) is 0.512. The van der Waals surface area contributed by atoms with Crippen LogP contribution in [0.1, 0.15) is 53.0 Å². The third-order valence-electron chi connectivity index (χ3n) is 5.93. The minimum absolute atomic E-state index is 0.0243. The highest BCUT2D eigenvalue weighted by Crippen LogP contribution is 2.35. The molecule has 0 aliphatic carbocycles. The van der Waals surface area contributed by atoms with Crippen molar-refractivity contribution in [1.29, 1.82) is 0 Å². The zero-order valence-corrected chi connectivity index (χ0v) is 18.7. The number of alkyl halides is 3. The molecule has 1 aliphatic rings. The van der Waals surface area contributed by atoms with E-state index in [0.717, 1.165) is 24.5 Å². The summed E-state index contributed by atoms with van der Waals surface area (Å²) in [4.78, 5) is 23.1. The third-order valence-corrected chi connectivity index (χ3v) is 5.93. The summed E-state index contributed by atoms with van der Waals surface area (Å²) in [6.45, 7) is 3.16. The van der Waals surface area contributed by atoms with Crippen LogP contribution in [0.2, 0.25) is 0 Å². The average molecular weight is 470 g/mol. The van der Waals surface area contributed by atoms with Gasteiger partial charge >= 0.3 is 6.18 Å². The molecule has 3 heterocycles. The number of anilines is 2. The molecule has 178 valence electrons. The van der Waals surface area contributed by atoms with Gasteiger partial charge in [0.1, 0.15) is 17.3 Å². The van der Waals surface area contributed by atoms with E-state index in [1.807, 2.05) is 35.2 Å². The van der Waals surface area contributed by atoms with Gasteiger partial charge in [0, 0.05) is 25.3 Å². The van der Waals surface area contributed by atoms with Crippen LogP contribution in [0.4, 0.5) is 24.8 Å². The van der Waals surface area contributed by atoms with Crippen molar-refractivity contribution < 1.29 is 18.0 Å². The largest absolute Gasteiger partial charge is 0.418 e. The predicted molar refractivity (Wildman–Crippen MR) is 125 cm³/mol. The van der Waals surface area contributed by atoms with Gasteiger partial charge in [0.2, 0.25) is 5.78 Å². The molecule has 0 spiro atoms. The first-order valence-corrected chi connectivity index (χ1v) is 11.2. The Morgan fingerprint density at radius 2 is 1.88 bits per heavy atom. The number of nitrogens with zero attached hydrogens (tertiary/aromatic N) is 3. The van der Waals surface area contributed by atoms with Crippen LogP contribution in [0.5, 0.6) is 0 Å². The second kappa shape index (κ2) is 9.80. The third kappa shape index (κ3) is 5.04. The lowest BCUT2D eigenvalue weighted by atomic mass is 9.99. The number of piperazine rings is 1. The van der Waals surface area contributed by atoms with Crippen LogP contribution < -0.4 is 16.0 Å². The van der Waals surface area contributed by atoms with E-state index in [0.29, 0.717) is 18.9 Å². The number of benzene rings is 1. The fraction of sp³-hybridized carbons (Fsp3) is 0.320. The highest BCUT2D eigenvalue weighted by Gasteiger charge is 2.38. The molecule has 0 amide bonds. The van der Waals surface area contributed by atoms with E-state index < -0.39 is 23.2 Å². The Labute approximate surface area is 196 Å². The number of halogens is 3. The number of aromatic nitrogens is 2. The highest BCUT2D eigenvalue weighted by molar-refractivity contribution is 6.11. The maximum atomic E-state index is 13.8. The lowest BCUT2D eigenvalue weighted by molar-refractivity contribution is -0.138. The summed E-state index contributed by atoms with van der Waals surface area (Å²) in [7, 11) is 0. The molecule has 6 nitrogen and oxygen atoms in total. The number of ketones is 1. The molecular formula is C25H26F3N5O. The van der Waals surface area contributed by atoms with Crippen molar-refractivity contribution in [2.24, 2.45) is 0 Å². The summed E-state index contributed by atoms with van der Waals surface area (Å²) in [6.07, 6.45) is -1.51. The molecule has 0 saturated carbocycles. The molecule has 2 atom stereocenters.